The number of nitrogens with two attached hydrogens (primary N) is 1. The number of unbranched alkanes of at least 4 members (excludes halogenated alkanes) is 6. The quantitative estimate of drug-likeness (QED) is 0.419. The minimum atomic E-state index is -4.16. The minimum absolute atomic E-state index is 0.227. The molecule has 0 radical (unpaired) electrons. The van der Waals surface area contributed by atoms with Crippen LogP contribution in [-0.4, -0.2) is 31.3 Å². The van der Waals surface area contributed by atoms with Gasteiger partial charge in [0.05, 0.1) is 12.8 Å². The van der Waals surface area contributed by atoms with Crippen LogP contribution in [0.5, 0.6) is 0 Å². The summed E-state index contributed by atoms with van der Waals surface area (Å²) in [5, 5.41) is 1.97. The zero-order valence-electron chi connectivity index (χ0n) is 13.5. The van der Waals surface area contributed by atoms with Gasteiger partial charge in [-0.3, -0.25) is 0 Å². The highest BCUT2D eigenvalue weighted by Gasteiger charge is 2.33. The first-order valence-corrected chi connectivity index (χ1v) is 9.71. The van der Waals surface area contributed by atoms with Gasteiger partial charge in [0.1, 0.15) is 15.7 Å². The van der Waals surface area contributed by atoms with Crippen LogP contribution in [0.1, 0.15) is 78.1 Å². The first-order valence-electron chi connectivity index (χ1n) is 8.13. The number of rotatable bonds is 13. The normalized spacial score (nSPS) is 12.8. The highest BCUT2D eigenvalue weighted by Crippen LogP contribution is 2.21. The van der Waals surface area contributed by atoms with Gasteiger partial charge in [0.15, 0.2) is 0 Å². The molecule has 20 heavy (non-hydrogen) atoms. The van der Waals surface area contributed by atoms with E-state index in [1.165, 1.54) is 25.7 Å². The molecule has 0 saturated heterocycles. The second kappa shape index (κ2) is 10.6. The molecule has 0 aromatic carbocycles. The van der Waals surface area contributed by atoms with Gasteiger partial charge in [-0.2, -0.15) is 0 Å². The molecule has 0 aliphatic carbocycles. The van der Waals surface area contributed by atoms with Crippen molar-refractivity contribution >= 4 is 10.1 Å². The zero-order valence-corrected chi connectivity index (χ0v) is 14.3. The molecular weight excluding hydrogens is 274 g/mol. The summed E-state index contributed by atoms with van der Waals surface area (Å²) in [6, 6.07) is 0. The van der Waals surface area contributed by atoms with Crippen LogP contribution >= 0.6 is 0 Å². The van der Waals surface area contributed by atoms with Crippen LogP contribution in [-0.2, 0) is 10.1 Å². The van der Waals surface area contributed by atoms with E-state index in [1.54, 1.807) is 0 Å². The summed E-state index contributed by atoms with van der Waals surface area (Å²) in [6.07, 6.45) is 10.6. The Morgan fingerprint density at radius 2 is 1.35 bits per heavy atom. The van der Waals surface area contributed by atoms with Gasteiger partial charge in [0, 0.05) is 12.8 Å². The summed E-state index contributed by atoms with van der Waals surface area (Å²) < 4.78 is 33.6. The van der Waals surface area contributed by atoms with Gasteiger partial charge in [0.2, 0.25) is 0 Å². The van der Waals surface area contributed by atoms with Gasteiger partial charge < -0.3 is 9.87 Å². The van der Waals surface area contributed by atoms with Crippen LogP contribution in [0.3, 0.4) is 0 Å². The topological polar surface area (TPSA) is 73.8 Å². The maximum Gasteiger partial charge on any atom is 0.109 e. The predicted octanol–water partition coefficient (Wildman–Crippen LogP) is 2.40. The molecule has 0 unspecified atom stereocenters. The molecule has 0 spiro atoms. The maximum absolute atomic E-state index is 11.2. The molecule has 0 saturated carbocycles. The highest BCUT2D eigenvalue weighted by molar-refractivity contribution is 7.85. The molecule has 0 heterocycles. The third-order valence-electron chi connectivity index (χ3n) is 4.13. The van der Waals surface area contributed by atoms with Crippen molar-refractivity contribution < 1.29 is 18.3 Å². The fourth-order valence-electron chi connectivity index (χ4n) is 2.80. The SMILES string of the molecule is CCCCCCC(CCCCCC)(CS(=O)(=O)[O-])[NH2+]C. The van der Waals surface area contributed by atoms with Crippen molar-refractivity contribution in [3.05, 3.63) is 0 Å². The van der Waals surface area contributed by atoms with Gasteiger partial charge in [0.25, 0.3) is 0 Å². The lowest BCUT2D eigenvalue weighted by Gasteiger charge is -2.31. The lowest BCUT2D eigenvalue weighted by atomic mass is 9.88. The van der Waals surface area contributed by atoms with Crippen LogP contribution in [0.15, 0.2) is 0 Å². The summed E-state index contributed by atoms with van der Waals surface area (Å²) in [6.45, 7) is 4.32. The maximum atomic E-state index is 11.2. The van der Waals surface area contributed by atoms with Crippen LogP contribution < -0.4 is 5.32 Å². The molecule has 0 bridgehead atoms. The Hall–Kier alpha value is -0.130. The molecule has 0 aromatic heterocycles. The van der Waals surface area contributed by atoms with E-state index < -0.39 is 15.7 Å². The van der Waals surface area contributed by atoms with Crippen molar-refractivity contribution in [2.75, 3.05) is 12.8 Å². The molecule has 5 heteroatoms. The van der Waals surface area contributed by atoms with Crippen LogP contribution in [0.2, 0.25) is 0 Å². The second-order valence-electron chi connectivity index (χ2n) is 5.97. The van der Waals surface area contributed by atoms with E-state index in [2.05, 4.69) is 13.8 Å². The molecule has 0 aliphatic rings. The van der Waals surface area contributed by atoms with E-state index in [9.17, 15) is 13.0 Å². The molecule has 0 amide bonds. The lowest BCUT2D eigenvalue weighted by molar-refractivity contribution is -0.701. The Labute approximate surface area is 125 Å². The van der Waals surface area contributed by atoms with Gasteiger partial charge >= 0.3 is 0 Å². The third-order valence-corrected chi connectivity index (χ3v) is 5.06. The summed E-state index contributed by atoms with van der Waals surface area (Å²) in [7, 11) is -2.25. The van der Waals surface area contributed by atoms with E-state index in [4.69, 9.17) is 0 Å². The molecule has 0 aromatic rings. The van der Waals surface area contributed by atoms with E-state index in [-0.39, 0.29) is 5.75 Å². The standard InChI is InChI=1S/C15H33NO3S/c1-4-6-8-10-12-15(16-3,14-20(17,18)19)13-11-9-7-5-2/h16H,4-14H2,1-3H3,(H,17,18,19). The van der Waals surface area contributed by atoms with Gasteiger partial charge in [-0.25, -0.2) is 8.42 Å². The second-order valence-corrected chi connectivity index (χ2v) is 7.38. The fraction of sp³-hybridized carbons (Fsp3) is 1.00. The Balaban J connectivity index is 4.52. The molecule has 4 nitrogen and oxygen atoms in total. The van der Waals surface area contributed by atoms with Gasteiger partial charge in [-0.15, -0.1) is 0 Å². The van der Waals surface area contributed by atoms with E-state index >= 15 is 0 Å². The molecular formula is C15H33NO3S. The Morgan fingerprint density at radius 3 is 1.65 bits per heavy atom. The lowest BCUT2D eigenvalue weighted by Crippen LogP contribution is -2.95. The average molecular weight is 308 g/mol. The van der Waals surface area contributed by atoms with Crippen LogP contribution in [0.4, 0.5) is 0 Å². The number of hydrogen-bond acceptors (Lipinski definition) is 3. The Bertz CT molecular complexity index is 316. The van der Waals surface area contributed by atoms with E-state index in [1.807, 2.05) is 12.4 Å². The summed E-state index contributed by atoms with van der Waals surface area (Å²) in [5.74, 6) is -0.227. The van der Waals surface area contributed by atoms with Crippen molar-refractivity contribution in [3.63, 3.8) is 0 Å². The number of hydrogen-bond donors (Lipinski definition) is 1. The molecule has 0 aliphatic heterocycles. The zero-order chi connectivity index (χ0) is 15.5. The first-order chi connectivity index (χ1) is 9.39. The summed E-state index contributed by atoms with van der Waals surface area (Å²) in [4.78, 5) is 0. The van der Waals surface area contributed by atoms with E-state index in [0.717, 1.165) is 38.5 Å². The smallest absolute Gasteiger partial charge is 0.109 e. The fourth-order valence-corrected chi connectivity index (χ4v) is 3.96. The monoisotopic (exact) mass is 307 g/mol. The van der Waals surface area contributed by atoms with Gasteiger partial charge in [-0.1, -0.05) is 52.4 Å². The minimum Gasteiger partial charge on any atom is -0.748 e. The Kier molecular flexibility index (Phi) is 10.5. The molecule has 2 N–H and O–H groups in total. The first kappa shape index (κ1) is 19.9. The summed E-state index contributed by atoms with van der Waals surface area (Å²) in [5.41, 5.74) is -0.401. The van der Waals surface area contributed by atoms with Gasteiger partial charge in [-0.05, 0) is 12.8 Å². The van der Waals surface area contributed by atoms with E-state index in [0.29, 0.717) is 0 Å². The molecule has 122 valence electrons. The third kappa shape index (κ3) is 9.72. The van der Waals surface area contributed by atoms with Crippen molar-refractivity contribution in [1.29, 1.82) is 0 Å². The van der Waals surface area contributed by atoms with Crippen LogP contribution in [0, 0.1) is 0 Å². The van der Waals surface area contributed by atoms with Crippen LogP contribution in [0.25, 0.3) is 0 Å². The number of quaternary nitrogens is 1. The largest absolute Gasteiger partial charge is 0.748 e. The average Bonchev–Trinajstić information content (AvgIpc) is 2.38. The van der Waals surface area contributed by atoms with Crippen molar-refractivity contribution in [2.45, 2.75) is 83.6 Å². The van der Waals surface area contributed by atoms with Crippen molar-refractivity contribution in [1.82, 2.24) is 0 Å². The molecule has 0 fully saturated rings. The molecule has 0 atom stereocenters. The Morgan fingerprint density at radius 1 is 0.900 bits per heavy atom. The summed E-state index contributed by atoms with van der Waals surface area (Å²) >= 11 is 0. The van der Waals surface area contributed by atoms with Crippen molar-refractivity contribution in [3.8, 4) is 0 Å². The highest BCUT2D eigenvalue weighted by atomic mass is 32.2. The molecule has 0 rings (SSSR count). The van der Waals surface area contributed by atoms with Crippen molar-refractivity contribution in [2.24, 2.45) is 0 Å². The predicted molar refractivity (Wildman–Crippen MR) is 82.7 cm³/mol.